The molecule has 0 spiro atoms. The molecule has 0 saturated heterocycles. The zero-order chi connectivity index (χ0) is 13.7. The summed E-state index contributed by atoms with van der Waals surface area (Å²) in [5.41, 5.74) is 7.59. The summed E-state index contributed by atoms with van der Waals surface area (Å²) in [4.78, 5) is 0. The molecule has 0 aliphatic rings. The van der Waals surface area contributed by atoms with E-state index in [2.05, 4.69) is 16.8 Å². The maximum absolute atomic E-state index is 8.98. The Kier molecular flexibility index (Phi) is 3.74. The molecule has 0 radical (unpaired) electrons. The molecule has 19 heavy (non-hydrogen) atoms. The number of hydrogen-bond acceptors (Lipinski definition) is 5. The van der Waals surface area contributed by atoms with E-state index in [4.69, 9.17) is 15.7 Å². The zero-order valence-electron chi connectivity index (χ0n) is 10.2. The number of nitrogen functional groups attached to an aromatic ring is 1. The Balaban J connectivity index is 2.38. The van der Waals surface area contributed by atoms with Crippen LogP contribution in [0.1, 0.15) is 11.1 Å². The van der Waals surface area contributed by atoms with Gasteiger partial charge < -0.3 is 10.5 Å². The molecule has 94 valence electrons. The van der Waals surface area contributed by atoms with Gasteiger partial charge in [0.15, 0.2) is 0 Å². The van der Waals surface area contributed by atoms with Gasteiger partial charge in [0.25, 0.3) is 5.88 Å². The number of nitrogens with zero attached hydrogens (tertiary/aromatic N) is 3. The van der Waals surface area contributed by atoms with E-state index in [9.17, 15) is 0 Å². The molecular weight excluding hydrogens is 240 g/mol. The maximum Gasteiger partial charge on any atom is 0.256 e. The van der Waals surface area contributed by atoms with Crippen LogP contribution in [0, 0.1) is 11.3 Å². The second-order valence-corrected chi connectivity index (χ2v) is 3.82. The first kappa shape index (κ1) is 12.6. The van der Waals surface area contributed by atoms with E-state index < -0.39 is 0 Å². The third-order valence-corrected chi connectivity index (χ3v) is 2.46. The number of aromatic nitrogens is 2. The summed E-state index contributed by atoms with van der Waals surface area (Å²) < 4.78 is 5.64. The van der Waals surface area contributed by atoms with E-state index in [1.807, 2.05) is 6.07 Å². The summed E-state index contributed by atoms with van der Waals surface area (Å²) in [6, 6.07) is 8.83. The van der Waals surface area contributed by atoms with Gasteiger partial charge in [0.2, 0.25) is 0 Å². The first-order chi connectivity index (χ1) is 9.24. The number of ether oxygens (including phenoxy) is 1. The standard InChI is InChI=1S/C14H12N4O/c1-2-3-10-8-12(16)4-5-13(10)19-14-11(9-15)6-7-17-18-14/h2,4-8H,1,3,16H2. The molecule has 2 aromatic rings. The van der Waals surface area contributed by atoms with Crippen LogP contribution in [-0.4, -0.2) is 10.2 Å². The maximum atomic E-state index is 8.98. The topological polar surface area (TPSA) is 84.8 Å². The van der Waals surface area contributed by atoms with E-state index in [1.165, 1.54) is 6.20 Å². The van der Waals surface area contributed by atoms with E-state index in [1.54, 1.807) is 30.3 Å². The SMILES string of the molecule is C=CCc1cc(N)ccc1Oc1nnccc1C#N. The van der Waals surface area contributed by atoms with Crippen molar-refractivity contribution in [2.75, 3.05) is 5.73 Å². The minimum absolute atomic E-state index is 0.181. The molecule has 0 atom stereocenters. The summed E-state index contributed by atoms with van der Waals surface area (Å²) in [6.07, 6.45) is 3.81. The van der Waals surface area contributed by atoms with Crippen LogP contribution in [-0.2, 0) is 6.42 Å². The number of hydrogen-bond donors (Lipinski definition) is 1. The number of benzene rings is 1. The Labute approximate surface area is 111 Å². The van der Waals surface area contributed by atoms with Crippen molar-refractivity contribution in [2.45, 2.75) is 6.42 Å². The molecule has 1 aromatic carbocycles. The molecule has 5 nitrogen and oxygen atoms in total. The minimum Gasteiger partial charge on any atom is -0.436 e. The van der Waals surface area contributed by atoms with Gasteiger partial charge in [-0.05, 0) is 30.7 Å². The Morgan fingerprint density at radius 2 is 2.26 bits per heavy atom. The first-order valence-corrected chi connectivity index (χ1v) is 5.63. The van der Waals surface area contributed by atoms with Crippen LogP contribution in [0.2, 0.25) is 0 Å². The number of anilines is 1. The molecule has 0 fully saturated rings. The Morgan fingerprint density at radius 3 is 3.00 bits per heavy atom. The van der Waals surface area contributed by atoms with Crippen molar-refractivity contribution < 1.29 is 4.74 Å². The summed E-state index contributed by atoms with van der Waals surface area (Å²) >= 11 is 0. The molecule has 5 heteroatoms. The van der Waals surface area contributed by atoms with Gasteiger partial charge in [0.1, 0.15) is 17.4 Å². The predicted molar refractivity (Wildman–Crippen MR) is 71.6 cm³/mol. The molecule has 0 aliphatic heterocycles. The molecule has 0 bridgehead atoms. The third kappa shape index (κ3) is 2.87. The predicted octanol–water partition coefficient (Wildman–Crippen LogP) is 2.45. The highest BCUT2D eigenvalue weighted by atomic mass is 16.5. The first-order valence-electron chi connectivity index (χ1n) is 5.63. The van der Waals surface area contributed by atoms with Crippen molar-refractivity contribution in [1.82, 2.24) is 10.2 Å². The van der Waals surface area contributed by atoms with E-state index in [0.717, 1.165) is 5.56 Å². The lowest BCUT2D eigenvalue weighted by atomic mass is 10.1. The fourth-order valence-electron chi connectivity index (χ4n) is 1.60. The van der Waals surface area contributed by atoms with Crippen LogP contribution < -0.4 is 10.5 Å². The van der Waals surface area contributed by atoms with E-state index in [0.29, 0.717) is 23.4 Å². The Morgan fingerprint density at radius 1 is 1.42 bits per heavy atom. The van der Waals surface area contributed by atoms with Gasteiger partial charge in [-0.1, -0.05) is 6.08 Å². The van der Waals surface area contributed by atoms with Crippen LogP contribution in [0.5, 0.6) is 11.6 Å². The highest BCUT2D eigenvalue weighted by Crippen LogP contribution is 2.27. The van der Waals surface area contributed by atoms with Gasteiger partial charge in [0, 0.05) is 11.3 Å². The van der Waals surface area contributed by atoms with Gasteiger partial charge in [-0.15, -0.1) is 11.7 Å². The average molecular weight is 252 g/mol. The second-order valence-electron chi connectivity index (χ2n) is 3.82. The number of nitriles is 1. The lowest BCUT2D eigenvalue weighted by molar-refractivity contribution is 0.449. The zero-order valence-corrected chi connectivity index (χ0v) is 10.2. The smallest absolute Gasteiger partial charge is 0.256 e. The summed E-state index contributed by atoms with van der Waals surface area (Å²) in [5.74, 6) is 0.770. The lowest BCUT2D eigenvalue weighted by Gasteiger charge is -2.10. The van der Waals surface area contributed by atoms with Crippen LogP contribution >= 0.6 is 0 Å². The van der Waals surface area contributed by atoms with Gasteiger partial charge in [-0.2, -0.15) is 10.4 Å². The molecule has 0 saturated carbocycles. The Hall–Kier alpha value is -2.87. The fraction of sp³-hybridized carbons (Fsp3) is 0.0714. The molecule has 0 aliphatic carbocycles. The second kappa shape index (κ2) is 5.65. The van der Waals surface area contributed by atoms with Crippen molar-refractivity contribution in [3.63, 3.8) is 0 Å². The van der Waals surface area contributed by atoms with Crippen LogP contribution in [0.3, 0.4) is 0 Å². The van der Waals surface area contributed by atoms with Crippen molar-refractivity contribution in [1.29, 1.82) is 5.26 Å². The number of nitrogens with two attached hydrogens (primary N) is 1. The average Bonchev–Trinajstić information content (AvgIpc) is 2.43. The number of rotatable bonds is 4. The molecule has 0 unspecified atom stereocenters. The van der Waals surface area contributed by atoms with Crippen LogP contribution in [0.25, 0.3) is 0 Å². The molecule has 1 aromatic heterocycles. The molecule has 2 rings (SSSR count). The van der Waals surface area contributed by atoms with E-state index in [-0.39, 0.29) is 5.88 Å². The molecule has 2 N–H and O–H groups in total. The fourth-order valence-corrected chi connectivity index (χ4v) is 1.60. The molecule has 0 amide bonds. The summed E-state index contributed by atoms with van der Waals surface area (Å²) in [5, 5.41) is 16.5. The lowest BCUT2D eigenvalue weighted by Crippen LogP contribution is -1.97. The Bertz CT molecular complexity index is 646. The van der Waals surface area contributed by atoms with Gasteiger partial charge in [-0.25, -0.2) is 0 Å². The normalized spacial score (nSPS) is 9.63. The van der Waals surface area contributed by atoms with Crippen LogP contribution in [0.4, 0.5) is 5.69 Å². The van der Waals surface area contributed by atoms with Crippen molar-refractivity contribution >= 4 is 5.69 Å². The van der Waals surface area contributed by atoms with Gasteiger partial charge >= 0.3 is 0 Å². The summed E-state index contributed by atoms with van der Waals surface area (Å²) in [7, 11) is 0. The monoisotopic (exact) mass is 252 g/mol. The van der Waals surface area contributed by atoms with E-state index >= 15 is 0 Å². The summed E-state index contributed by atoms with van der Waals surface area (Å²) in [6.45, 7) is 3.69. The molecule has 1 heterocycles. The van der Waals surface area contributed by atoms with Crippen molar-refractivity contribution in [3.8, 4) is 17.7 Å². The largest absolute Gasteiger partial charge is 0.436 e. The highest BCUT2D eigenvalue weighted by Gasteiger charge is 2.09. The number of allylic oxidation sites excluding steroid dienone is 1. The minimum atomic E-state index is 0.181. The van der Waals surface area contributed by atoms with Gasteiger partial charge in [-0.3, -0.25) is 0 Å². The van der Waals surface area contributed by atoms with Crippen LogP contribution in [0.15, 0.2) is 43.1 Å². The third-order valence-electron chi connectivity index (χ3n) is 2.46. The molecular formula is C14H12N4O. The van der Waals surface area contributed by atoms with Gasteiger partial charge in [0.05, 0.1) is 6.20 Å². The van der Waals surface area contributed by atoms with Crippen molar-refractivity contribution in [2.24, 2.45) is 0 Å². The quantitative estimate of drug-likeness (QED) is 0.667. The highest BCUT2D eigenvalue weighted by molar-refractivity contribution is 5.50. The van der Waals surface area contributed by atoms with Crippen molar-refractivity contribution in [3.05, 3.63) is 54.2 Å².